The Morgan fingerprint density at radius 1 is 0.889 bits per heavy atom. The minimum atomic E-state index is -0.415. The molecule has 0 spiro atoms. The predicted molar refractivity (Wildman–Crippen MR) is 109 cm³/mol. The first-order valence-corrected chi connectivity index (χ1v) is 9.08. The number of rotatable bonds is 3. The lowest BCUT2D eigenvalue weighted by Crippen LogP contribution is -2.30. The summed E-state index contributed by atoms with van der Waals surface area (Å²) in [6.45, 7) is 2.02. The second kappa shape index (κ2) is 6.93. The number of anilines is 1. The Labute approximate surface area is 163 Å². The molecule has 4 rings (SSSR count). The monoisotopic (exact) mass is 375 g/mol. The second-order valence-corrected chi connectivity index (χ2v) is 7.03. The highest BCUT2D eigenvalue weighted by Gasteiger charge is 2.41. The van der Waals surface area contributed by atoms with E-state index in [4.69, 9.17) is 11.6 Å². The number of carbonyl (C=O) groups is 1. The first-order valence-electron chi connectivity index (χ1n) is 8.70. The number of amides is 1. The number of hydrogen-bond donors (Lipinski definition) is 1. The molecule has 1 N–H and O–H groups in total. The summed E-state index contributed by atoms with van der Waals surface area (Å²) in [5.74, 6) is -0.636. The maximum Gasteiger partial charge on any atom is 0.294 e. The first-order chi connectivity index (χ1) is 13.1. The Morgan fingerprint density at radius 3 is 2.15 bits per heavy atom. The topological polar surface area (TPSA) is 40.5 Å². The van der Waals surface area contributed by atoms with E-state index in [1.165, 1.54) is 0 Å². The van der Waals surface area contributed by atoms with Gasteiger partial charge in [0.1, 0.15) is 0 Å². The molecule has 0 bridgehead atoms. The molecule has 4 heteroatoms. The fourth-order valence-corrected chi connectivity index (χ4v) is 3.58. The highest BCUT2D eigenvalue weighted by atomic mass is 35.5. The van der Waals surface area contributed by atoms with Crippen molar-refractivity contribution >= 4 is 28.8 Å². The summed E-state index contributed by atoms with van der Waals surface area (Å²) in [6, 6.07) is 24.2. The van der Waals surface area contributed by atoms with Crippen molar-refractivity contribution in [2.45, 2.75) is 13.0 Å². The largest absolute Gasteiger partial charge is 0.503 e. The van der Waals surface area contributed by atoms with Crippen LogP contribution >= 0.6 is 11.6 Å². The molecule has 134 valence electrons. The number of aryl methyl sites for hydroxylation is 1. The molecule has 27 heavy (non-hydrogen) atoms. The summed E-state index contributed by atoms with van der Waals surface area (Å²) >= 11 is 6.02. The Balaban J connectivity index is 1.90. The third kappa shape index (κ3) is 3.11. The van der Waals surface area contributed by atoms with Crippen molar-refractivity contribution in [2.24, 2.45) is 0 Å². The fourth-order valence-electron chi connectivity index (χ4n) is 3.45. The molecule has 1 heterocycles. The van der Waals surface area contributed by atoms with E-state index in [0.717, 1.165) is 16.7 Å². The molecule has 0 aromatic heterocycles. The van der Waals surface area contributed by atoms with E-state index in [9.17, 15) is 9.90 Å². The van der Waals surface area contributed by atoms with Gasteiger partial charge in [0, 0.05) is 16.3 Å². The molecular weight excluding hydrogens is 358 g/mol. The van der Waals surface area contributed by atoms with Crippen LogP contribution in [0.5, 0.6) is 0 Å². The molecule has 1 amide bonds. The number of benzene rings is 3. The number of aliphatic hydroxyl groups excluding tert-OH is 1. The molecule has 0 aliphatic carbocycles. The van der Waals surface area contributed by atoms with Gasteiger partial charge in [0.15, 0.2) is 5.76 Å². The Bertz CT molecular complexity index is 1010. The van der Waals surface area contributed by atoms with Crippen molar-refractivity contribution in [2.75, 3.05) is 4.90 Å². The van der Waals surface area contributed by atoms with Gasteiger partial charge in [-0.2, -0.15) is 0 Å². The second-order valence-electron chi connectivity index (χ2n) is 6.59. The standard InChI is InChI=1S/C23H18ClNO2/c1-15-7-9-17(10-8-15)21-20(16-5-3-2-4-6-16)22(26)23(27)25(21)19-13-11-18(24)12-14-19/h2-14,21,26H,1H3. The van der Waals surface area contributed by atoms with E-state index < -0.39 is 11.9 Å². The lowest BCUT2D eigenvalue weighted by molar-refractivity contribution is -0.117. The van der Waals surface area contributed by atoms with Gasteiger partial charge in [0.25, 0.3) is 5.91 Å². The fraction of sp³-hybridized carbons (Fsp3) is 0.0870. The zero-order chi connectivity index (χ0) is 19.0. The van der Waals surface area contributed by atoms with Gasteiger partial charge >= 0.3 is 0 Å². The van der Waals surface area contributed by atoms with Gasteiger partial charge in [-0.3, -0.25) is 9.69 Å². The highest BCUT2D eigenvalue weighted by molar-refractivity contribution is 6.30. The average Bonchev–Trinajstić information content (AvgIpc) is 2.95. The summed E-state index contributed by atoms with van der Waals surface area (Å²) in [6.07, 6.45) is 0. The van der Waals surface area contributed by atoms with Crippen LogP contribution in [-0.2, 0) is 4.79 Å². The van der Waals surface area contributed by atoms with Gasteiger partial charge in [-0.25, -0.2) is 0 Å². The molecule has 0 radical (unpaired) electrons. The summed E-state index contributed by atoms with van der Waals surface area (Å²) < 4.78 is 0. The molecule has 1 aliphatic rings. The van der Waals surface area contributed by atoms with Crippen molar-refractivity contribution < 1.29 is 9.90 Å². The number of nitrogens with zero attached hydrogens (tertiary/aromatic N) is 1. The molecule has 3 aromatic carbocycles. The quantitative estimate of drug-likeness (QED) is 0.637. The zero-order valence-corrected chi connectivity index (χ0v) is 15.5. The Hall–Kier alpha value is -3.04. The van der Waals surface area contributed by atoms with Crippen LogP contribution in [-0.4, -0.2) is 11.0 Å². The van der Waals surface area contributed by atoms with Crippen LogP contribution in [0.15, 0.2) is 84.6 Å². The molecule has 0 saturated carbocycles. The maximum absolute atomic E-state index is 13.0. The molecule has 0 saturated heterocycles. The van der Waals surface area contributed by atoms with Gasteiger partial charge < -0.3 is 5.11 Å². The molecule has 3 aromatic rings. The predicted octanol–water partition coefficient (Wildman–Crippen LogP) is 5.71. The number of aliphatic hydroxyl groups is 1. The zero-order valence-electron chi connectivity index (χ0n) is 14.8. The first kappa shape index (κ1) is 17.4. The maximum atomic E-state index is 13.0. The molecule has 1 atom stereocenters. The smallest absolute Gasteiger partial charge is 0.294 e. The third-order valence-electron chi connectivity index (χ3n) is 4.79. The van der Waals surface area contributed by atoms with Crippen LogP contribution in [0.4, 0.5) is 5.69 Å². The molecule has 3 nitrogen and oxygen atoms in total. The van der Waals surface area contributed by atoms with E-state index in [0.29, 0.717) is 16.3 Å². The van der Waals surface area contributed by atoms with Crippen molar-refractivity contribution in [3.8, 4) is 0 Å². The molecule has 0 fully saturated rings. The SMILES string of the molecule is Cc1ccc(C2C(c3ccccc3)=C(O)C(=O)N2c2ccc(Cl)cc2)cc1. The molecule has 1 aliphatic heterocycles. The van der Waals surface area contributed by atoms with Gasteiger partial charge in [0.2, 0.25) is 0 Å². The summed E-state index contributed by atoms with van der Waals surface area (Å²) in [5, 5.41) is 11.3. The van der Waals surface area contributed by atoms with Gasteiger partial charge in [-0.05, 0) is 42.3 Å². The average molecular weight is 376 g/mol. The highest BCUT2D eigenvalue weighted by Crippen LogP contribution is 2.45. The molecular formula is C23H18ClNO2. The van der Waals surface area contributed by atoms with E-state index >= 15 is 0 Å². The third-order valence-corrected chi connectivity index (χ3v) is 5.04. The van der Waals surface area contributed by atoms with Crippen molar-refractivity contribution in [1.82, 2.24) is 0 Å². The lowest BCUT2D eigenvalue weighted by atomic mass is 9.93. The van der Waals surface area contributed by atoms with Crippen molar-refractivity contribution in [1.29, 1.82) is 0 Å². The Kier molecular flexibility index (Phi) is 4.46. The summed E-state index contributed by atoms with van der Waals surface area (Å²) in [7, 11) is 0. The van der Waals surface area contributed by atoms with Crippen LogP contribution in [0, 0.1) is 6.92 Å². The van der Waals surface area contributed by atoms with Crippen molar-refractivity contribution in [3.05, 3.63) is 106 Å². The van der Waals surface area contributed by atoms with Gasteiger partial charge in [-0.15, -0.1) is 0 Å². The summed E-state index contributed by atoms with van der Waals surface area (Å²) in [4.78, 5) is 14.6. The molecule has 1 unspecified atom stereocenters. The van der Waals surface area contributed by atoms with E-state index in [1.807, 2.05) is 61.5 Å². The van der Waals surface area contributed by atoms with Crippen LogP contribution in [0.2, 0.25) is 5.02 Å². The van der Waals surface area contributed by atoms with Crippen LogP contribution < -0.4 is 4.90 Å². The Morgan fingerprint density at radius 2 is 1.52 bits per heavy atom. The van der Waals surface area contributed by atoms with Crippen LogP contribution in [0.25, 0.3) is 5.57 Å². The van der Waals surface area contributed by atoms with E-state index in [-0.39, 0.29) is 5.76 Å². The van der Waals surface area contributed by atoms with Crippen molar-refractivity contribution in [3.63, 3.8) is 0 Å². The number of hydrogen-bond acceptors (Lipinski definition) is 2. The van der Waals surface area contributed by atoms with Gasteiger partial charge in [-0.1, -0.05) is 71.8 Å². The van der Waals surface area contributed by atoms with Gasteiger partial charge in [0.05, 0.1) is 6.04 Å². The van der Waals surface area contributed by atoms with Crippen LogP contribution in [0.3, 0.4) is 0 Å². The van der Waals surface area contributed by atoms with E-state index in [1.54, 1.807) is 29.2 Å². The minimum Gasteiger partial charge on any atom is -0.503 e. The normalized spacial score (nSPS) is 16.9. The van der Waals surface area contributed by atoms with Crippen LogP contribution in [0.1, 0.15) is 22.7 Å². The minimum absolute atomic E-state index is 0.221. The lowest BCUT2D eigenvalue weighted by Gasteiger charge is -2.27. The number of halogens is 1. The van der Waals surface area contributed by atoms with E-state index in [2.05, 4.69) is 0 Å². The number of carbonyl (C=O) groups excluding carboxylic acids is 1. The summed E-state index contributed by atoms with van der Waals surface area (Å²) in [5.41, 5.74) is 4.19.